The first kappa shape index (κ1) is 18.1. The monoisotopic (exact) mass is 304 g/mol. The van der Waals surface area contributed by atoms with Crippen molar-refractivity contribution in [1.82, 2.24) is 0 Å². The van der Waals surface area contributed by atoms with Gasteiger partial charge in [0.2, 0.25) is 0 Å². The van der Waals surface area contributed by atoms with Crippen molar-refractivity contribution in [3.63, 3.8) is 0 Å². The van der Waals surface area contributed by atoms with Crippen LogP contribution in [0.25, 0.3) is 0 Å². The number of Topliss-reactive ketones (excluding diaryl/α,β-unsaturated/α-hetero) is 1. The van der Waals surface area contributed by atoms with Crippen LogP contribution in [0, 0.1) is 5.41 Å². The van der Waals surface area contributed by atoms with Crippen molar-refractivity contribution in [3.8, 4) is 0 Å². The number of allylic oxidation sites excluding steroid dienone is 4. The second-order valence-electron chi connectivity index (χ2n) is 6.41. The van der Waals surface area contributed by atoms with Gasteiger partial charge < -0.3 is 10.2 Å². The van der Waals surface area contributed by atoms with Crippen molar-refractivity contribution in [3.05, 3.63) is 47.6 Å². The summed E-state index contributed by atoms with van der Waals surface area (Å²) in [4.78, 5) is 22.9. The quantitative estimate of drug-likeness (QED) is 0.465. The molecule has 4 heteroatoms. The number of carboxylic acid groups (broad SMARTS) is 1. The standard InChI is InChI=1S/C18H24O4/c1-6-7-14-13(3)18(22,17(4,5)11-15(14)19)9-8-12(2)10-16(20)21/h6,8-10,22H,1,7,11H2,2-5H3,(H,20,21)/t18-/m1/s1. The van der Waals surface area contributed by atoms with Crippen molar-refractivity contribution in [2.24, 2.45) is 5.41 Å². The van der Waals surface area contributed by atoms with Crippen molar-refractivity contribution >= 4 is 11.8 Å². The largest absolute Gasteiger partial charge is 0.478 e. The van der Waals surface area contributed by atoms with Crippen molar-refractivity contribution in [1.29, 1.82) is 0 Å². The fraction of sp³-hybridized carbons (Fsp3) is 0.444. The number of hydrogen-bond donors (Lipinski definition) is 2. The molecule has 0 saturated heterocycles. The van der Waals surface area contributed by atoms with Gasteiger partial charge in [0.1, 0.15) is 5.60 Å². The van der Waals surface area contributed by atoms with Gasteiger partial charge in [0.25, 0.3) is 0 Å². The predicted octanol–water partition coefficient (Wildman–Crippen LogP) is 3.20. The molecule has 0 bridgehead atoms. The molecule has 0 fully saturated rings. The minimum absolute atomic E-state index is 0.0262. The molecule has 0 radical (unpaired) electrons. The molecular formula is C18H24O4. The first-order valence-corrected chi connectivity index (χ1v) is 7.22. The molecule has 0 unspecified atom stereocenters. The third-order valence-corrected chi connectivity index (χ3v) is 4.28. The molecule has 0 aromatic heterocycles. The number of hydrogen-bond acceptors (Lipinski definition) is 3. The first-order chi connectivity index (χ1) is 10.0. The molecule has 1 rings (SSSR count). The zero-order chi connectivity index (χ0) is 17.1. The van der Waals surface area contributed by atoms with Crippen LogP contribution in [0.5, 0.6) is 0 Å². The smallest absolute Gasteiger partial charge is 0.328 e. The van der Waals surface area contributed by atoms with Crippen LogP contribution in [0.15, 0.2) is 47.6 Å². The zero-order valence-electron chi connectivity index (χ0n) is 13.6. The topological polar surface area (TPSA) is 74.6 Å². The van der Waals surface area contributed by atoms with E-state index in [4.69, 9.17) is 5.11 Å². The second kappa shape index (κ2) is 6.44. The zero-order valence-corrected chi connectivity index (χ0v) is 13.6. The molecule has 1 aliphatic carbocycles. The lowest BCUT2D eigenvalue weighted by Crippen LogP contribution is -2.49. The molecular weight excluding hydrogens is 280 g/mol. The van der Waals surface area contributed by atoms with E-state index in [-0.39, 0.29) is 12.2 Å². The van der Waals surface area contributed by atoms with E-state index in [9.17, 15) is 14.7 Å². The fourth-order valence-electron chi connectivity index (χ4n) is 2.85. The molecule has 22 heavy (non-hydrogen) atoms. The Morgan fingerprint density at radius 3 is 2.50 bits per heavy atom. The molecule has 2 N–H and O–H groups in total. The van der Waals surface area contributed by atoms with Crippen LogP contribution in [0.4, 0.5) is 0 Å². The van der Waals surface area contributed by atoms with Gasteiger partial charge in [-0.2, -0.15) is 0 Å². The van der Waals surface area contributed by atoms with Crippen LogP contribution >= 0.6 is 0 Å². The van der Waals surface area contributed by atoms with E-state index in [1.54, 1.807) is 32.1 Å². The van der Waals surface area contributed by atoms with E-state index < -0.39 is 17.0 Å². The average molecular weight is 304 g/mol. The van der Waals surface area contributed by atoms with Crippen LogP contribution in [0.1, 0.15) is 40.5 Å². The predicted molar refractivity (Wildman–Crippen MR) is 86.4 cm³/mol. The number of rotatable bonds is 5. The highest BCUT2D eigenvalue weighted by Crippen LogP contribution is 2.47. The highest BCUT2D eigenvalue weighted by atomic mass is 16.4. The van der Waals surface area contributed by atoms with Crippen molar-refractivity contribution in [2.75, 3.05) is 0 Å². The Morgan fingerprint density at radius 2 is 2.00 bits per heavy atom. The Kier molecular flexibility index (Phi) is 5.30. The van der Waals surface area contributed by atoms with Gasteiger partial charge >= 0.3 is 5.97 Å². The van der Waals surface area contributed by atoms with Gasteiger partial charge in [-0.05, 0) is 37.5 Å². The van der Waals surface area contributed by atoms with Crippen LogP contribution < -0.4 is 0 Å². The number of carboxylic acids is 1. The van der Waals surface area contributed by atoms with Crippen LogP contribution in [0.3, 0.4) is 0 Å². The summed E-state index contributed by atoms with van der Waals surface area (Å²) in [5.74, 6) is -1.01. The Bertz CT molecular complexity index is 590. The summed E-state index contributed by atoms with van der Waals surface area (Å²) in [5.41, 5.74) is -0.257. The Morgan fingerprint density at radius 1 is 1.41 bits per heavy atom. The fourth-order valence-corrected chi connectivity index (χ4v) is 2.85. The lowest BCUT2D eigenvalue weighted by Gasteiger charge is -2.45. The number of carbonyl (C=O) groups excluding carboxylic acids is 1. The summed E-state index contributed by atoms with van der Waals surface area (Å²) >= 11 is 0. The third kappa shape index (κ3) is 3.45. The Balaban J connectivity index is 3.37. The van der Waals surface area contributed by atoms with Gasteiger partial charge in [-0.25, -0.2) is 4.79 Å². The maximum absolute atomic E-state index is 12.3. The van der Waals surface area contributed by atoms with Gasteiger partial charge in [0, 0.05) is 23.5 Å². The highest BCUT2D eigenvalue weighted by Gasteiger charge is 2.49. The van der Waals surface area contributed by atoms with Crippen molar-refractivity contribution in [2.45, 2.75) is 46.1 Å². The van der Waals surface area contributed by atoms with E-state index in [0.717, 1.165) is 6.08 Å². The van der Waals surface area contributed by atoms with Crippen molar-refractivity contribution < 1.29 is 19.8 Å². The normalized spacial score (nSPS) is 25.7. The maximum Gasteiger partial charge on any atom is 0.328 e. The maximum atomic E-state index is 12.3. The lowest BCUT2D eigenvalue weighted by atomic mass is 9.62. The molecule has 0 amide bonds. The Labute approximate surface area is 131 Å². The average Bonchev–Trinajstić information content (AvgIpc) is 2.38. The minimum atomic E-state index is -1.30. The SMILES string of the molecule is C=CCC1=C(C)[C@](O)(C=CC(C)=CC(=O)O)C(C)(C)CC1=O. The molecule has 0 saturated carbocycles. The molecule has 4 nitrogen and oxygen atoms in total. The molecule has 120 valence electrons. The summed E-state index contributed by atoms with van der Waals surface area (Å²) < 4.78 is 0. The second-order valence-corrected chi connectivity index (χ2v) is 6.41. The van der Waals surface area contributed by atoms with Gasteiger partial charge in [0.05, 0.1) is 0 Å². The lowest BCUT2D eigenvalue weighted by molar-refractivity contribution is -0.131. The van der Waals surface area contributed by atoms with E-state index in [2.05, 4.69) is 6.58 Å². The molecule has 0 aliphatic heterocycles. The van der Waals surface area contributed by atoms with Gasteiger partial charge in [0.15, 0.2) is 5.78 Å². The summed E-state index contributed by atoms with van der Waals surface area (Å²) in [6.45, 7) is 10.7. The molecule has 1 atom stereocenters. The molecule has 0 aromatic rings. The minimum Gasteiger partial charge on any atom is -0.478 e. The Hall–Kier alpha value is -1.94. The van der Waals surface area contributed by atoms with Crippen LogP contribution in [-0.2, 0) is 9.59 Å². The van der Waals surface area contributed by atoms with Crippen LogP contribution in [-0.4, -0.2) is 27.6 Å². The summed E-state index contributed by atoms with van der Waals surface area (Å²) in [7, 11) is 0. The van der Waals surface area contributed by atoms with E-state index in [1.165, 1.54) is 0 Å². The molecule has 1 aliphatic rings. The van der Waals surface area contributed by atoms with E-state index in [1.807, 2.05) is 13.8 Å². The van der Waals surface area contributed by atoms with Gasteiger partial charge in [-0.3, -0.25) is 4.79 Å². The van der Waals surface area contributed by atoms with E-state index in [0.29, 0.717) is 23.1 Å². The van der Waals surface area contributed by atoms with Gasteiger partial charge in [-0.15, -0.1) is 6.58 Å². The number of ketones is 1. The van der Waals surface area contributed by atoms with Crippen LogP contribution in [0.2, 0.25) is 0 Å². The first-order valence-electron chi connectivity index (χ1n) is 7.22. The summed E-state index contributed by atoms with van der Waals surface area (Å²) in [5, 5.41) is 19.9. The summed E-state index contributed by atoms with van der Waals surface area (Å²) in [6, 6.07) is 0. The highest BCUT2D eigenvalue weighted by molar-refractivity contribution is 5.98. The number of aliphatic carboxylic acids is 1. The number of aliphatic hydroxyl groups is 1. The molecule has 0 spiro atoms. The number of carbonyl (C=O) groups is 2. The summed E-state index contributed by atoms with van der Waals surface area (Å²) in [6.07, 6.45) is 6.55. The van der Waals surface area contributed by atoms with Gasteiger partial charge in [-0.1, -0.05) is 26.0 Å². The third-order valence-electron chi connectivity index (χ3n) is 4.28. The molecule has 0 heterocycles. The molecule has 0 aromatic carbocycles. The van der Waals surface area contributed by atoms with E-state index >= 15 is 0 Å².